The van der Waals surface area contributed by atoms with Crippen molar-refractivity contribution in [1.82, 2.24) is 10.2 Å². The standard InChI is InChI=1S/C24H29FN4O3/c1-16-5-3-4-12-29(16)15-23(31)27-20-10-11-21(25)22(13-20)28-24(32)19-8-6-18(7-9-19)14-26-17(2)30/h6-11,13,16H,3-5,12,14-15H2,1-2H3,(H,26,30)(H,27,31)(H,28,32). The molecule has 0 saturated carbocycles. The van der Waals surface area contributed by atoms with Crippen molar-refractivity contribution in [3.05, 3.63) is 59.4 Å². The second kappa shape index (κ2) is 10.9. The van der Waals surface area contributed by atoms with Crippen LogP contribution in [-0.2, 0) is 16.1 Å². The minimum atomic E-state index is -0.594. The minimum absolute atomic E-state index is 0.0125. The third kappa shape index (κ3) is 6.62. The molecule has 1 heterocycles. The van der Waals surface area contributed by atoms with Gasteiger partial charge >= 0.3 is 0 Å². The third-order valence-electron chi connectivity index (χ3n) is 5.54. The van der Waals surface area contributed by atoms with E-state index in [4.69, 9.17) is 0 Å². The Morgan fingerprint density at radius 1 is 1.06 bits per heavy atom. The van der Waals surface area contributed by atoms with Gasteiger partial charge in [-0.2, -0.15) is 0 Å². The van der Waals surface area contributed by atoms with E-state index in [1.807, 2.05) is 0 Å². The molecule has 3 rings (SSSR count). The van der Waals surface area contributed by atoms with Gasteiger partial charge in [0.2, 0.25) is 11.8 Å². The lowest BCUT2D eigenvalue weighted by Crippen LogP contribution is -2.42. The van der Waals surface area contributed by atoms with E-state index >= 15 is 0 Å². The van der Waals surface area contributed by atoms with Crippen LogP contribution < -0.4 is 16.0 Å². The van der Waals surface area contributed by atoms with Gasteiger partial charge in [-0.3, -0.25) is 19.3 Å². The van der Waals surface area contributed by atoms with Gasteiger partial charge in [0.15, 0.2) is 0 Å². The number of rotatable bonds is 7. The first-order valence-corrected chi connectivity index (χ1v) is 10.8. The molecule has 3 N–H and O–H groups in total. The fourth-order valence-electron chi connectivity index (χ4n) is 3.67. The molecule has 7 nitrogen and oxygen atoms in total. The van der Waals surface area contributed by atoms with Crippen molar-refractivity contribution in [2.45, 2.75) is 45.7 Å². The number of carbonyl (C=O) groups is 3. The second-order valence-corrected chi connectivity index (χ2v) is 8.12. The highest BCUT2D eigenvalue weighted by atomic mass is 19.1. The molecule has 2 aromatic rings. The SMILES string of the molecule is CC(=O)NCc1ccc(C(=O)Nc2cc(NC(=O)CN3CCCCC3C)ccc2F)cc1. The van der Waals surface area contributed by atoms with Gasteiger partial charge in [-0.1, -0.05) is 18.6 Å². The number of anilines is 2. The Balaban J connectivity index is 1.60. The summed E-state index contributed by atoms with van der Waals surface area (Å²) in [6.07, 6.45) is 3.34. The molecule has 0 aliphatic carbocycles. The van der Waals surface area contributed by atoms with E-state index in [0.29, 0.717) is 23.8 Å². The van der Waals surface area contributed by atoms with Crippen LogP contribution in [0.2, 0.25) is 0 Å². The van der Waals surface area contributed by atoms with Crippen molar-refractivity contribution in [3.8, 4) is 0 Å². The van der Waals surface area contributed by atoms with Crippen LogP contribution in [0.1, 0.15) is 49.0 Å². The molecule has 32 heavy (non-hydrogen) atoms. The van der Waals surface area contributed by atoms with E-state index in [1.165, 1.54) is 31.5 Å². The molecule has 0 aromatic heterocycles. The summed E-state index contributed by atoms with van der Waals surface area (Å²) in [5, 5.41) is 8.02. The summed E-state index contributed by atoms with van der Waals surface area (Å²) < 4.78 is 14.3. The van der Waals surface area contributed by atoms with Gasteiger partial charge in [0.05, 0.1) is 12.2 Å². The van der Waals surface area contributed by atoms with E-state index in [1.54, 1.807) is 24.3 Å². The van der Waals surface area contributed by atoms with Crippen LogP contribution in [0.3, 0.4) is 0 Å². The van der Waals surface area contributed by atoms with E-state index < -0.39 is 11.7 Å². The van der Waals surface area contributed by atoms with Crippen LogP contribution in [0, 0.1) is 5.82 Å². The summed E-state index contributed by atoms with van der Waals surface area (Å²) in [5.41, 5.74) is 1.60. The maximum Gasteiger partial charge on any atom is 0.255 e. The van der Waals surface area contributed by atoms with Gasteiger partial charge in [0.25, 0.3) is 5.91 Å². The predicted molar refractivity (Wildman–Crippen MR) is 122 cm³/mol. The highest BCUT2D eigenvalue weighted by Gasteiger charge is 2.20. The topological polar surface area (TPSA) is 90.5 Å². The fourth-order valence-corrected chi connectivity index (χ4v) is 3.67. The van der Waals surface area contributed by atoms with Gasteiger partial charge in [-0.25, -0.2) is 4.39 Å². The molecular weight excluding hydrogens is 411 g/mol. The molecule has 1 saturated heterocycles. The molecule has 0 bridgehead atoms. The first kappa shape index (κ1) is 23.4. The van der Waals surface area contributed by atoms with Crippen LogP contribution in [0.4, 0.5) is 15.8 Å². The molecule has 1 unspecified atom stereocenters. The van der Waals surface area contributed by atoms with E-state index in [2.05, 4.69) is 27.8 Å². The molecule has 3 amide bonds. The highest BCUT2D eigenvalue weighted by Crippen LogP contribution is 2.21. The van der Waals surface area contributed by atoms with E-state index in [9.17, 15) is 18.8 Å². The van der Waals surface area contributed by atoms with Crippen LogP contribution in [0.25, 0.3) is 0 Å². The fraction of sp³-hybridized carbons (Fsp3) is 0.375. The quantitative estimate of drug-likeness (QED) is 0.614. The number of nitrogens with zero attached hydrogens (tertiary/aromatic N) is 1. The summed E-state index contributed by atoms with van der Waals surface area (Å²) >= 11 is 0. The van der Waals surface area contributed by atoms with Crippen molar-refractivity contribution in [2.24, 2.45) is 0 Å². The Kier molecular flexibility index (Phi) is 7.94. The molecule has 1 atom stereocenters. The molecule has 170 valence electrons. The highest BCUT2D eigenvalue weighted by molar-refractivity contribution is 6.04. The van der Waals surface area contributed by atoms with Crippen molar-refractivity contribution < 1.29 is 18.8 Å². The van der Waals surface area contributed by atoms with Crippen molar-refractivity contribution >= 4 is 29.1 Å². The Labute approximate surface area is 187 Å². The Morgan fingerprint density at radius 3 is 2.50 bits per heavy atom. The number of amides is 3. The van der Waals surface area contributed by atoms with E-state index in [-0.39, 0.29) is 24.0 Å². The van der Waals surface area contributed by atoms with Crippen molar-refractivity contribution in [2.75, 3.05) is 23.7 Å². The second-order valence-electron chi connectivity index (χ2n) is 8.12. The van der Waals surface area contributed by atoms with Gasteiger partial charge in [0, 0.05) is 30.8 Å². The number of likely N-dealkylation sites (tertiary alicyclic amines) is 1. The van der Waals surface area contributed by atoms with Crippen LogP contribution in [0.5, 0.6) is 0 Å². The molecule has 2 aromatic carbocycles. The normalized spacial score (nSPS) is 16.3. The summed E-state index contributed by atoms with van der Waals surface area (Å²) in [4.78, 5) is 38.1. The molecule has 0 spiro atoms. The Bertz CT molecular complexity index is 978. The van der Waals surface area contributed by atoms with Gasteiger partial charge < -0.3 is 16.0 Å². The lowest BCUT2D eigenvalue weighted by Gasteiger charge is -2.32. The zero-order chi connectivity index (χ0) is 23.1. The summed E-state index contributed by atoms with van der Waals surface area (Å²) in [5.74, 6) is -1.37. The lowest BCUT2D eigenvalue weighted by atomic mass is 10.0. The number of nitrogens with one attached hydrogen (secondary N) is 3. The van der Waals surface area contributed by atoms with Crippen LogP contribution in [0.15, 0.2) is 42.5 Å². The monoisotopic (exact) mass is 440 g/mol. The van der Waals surface area contributed by atoms with Crippen LogP contribution in [-0.4, -0.2) is 41.8 Å². The smallest absolute Gasteiger partial charge is 0.255 e. The average Bonchev–Trinajstić information content (AvgIpc) is 2.76. The maximum atomic E-state index is 14.3. The zero-order valence-electron chi connectivity index (χ0n) is 18.4. The number of carbonyl (C=O) groups excluding carboxylic acids is 3. The first-order chi connectivity index (χ1) is 15.3. The van der Waals surface area contributed by atoms with Gasteiger partial charge in [0.1, 0.15) is 5.82 Å². The van der Waals surface area contributed by atoms with E-state index in [0.717, 1.165) is 24.9 Å². The molecule has 0 radical (unpaired) electrons. The third-order valence-corrected chi connectivity index (χ3v) is 5.54. The molecule has 1 aliphatic rings. The van der Waals surface area contributed by atoms with Gasteiger partial charge in [-0.15, -0.1) is 0 Å². The largest absolute Gasteiger partial charge is 0.352 e. The number of piperidine rings is 1. The summed E-state index contributed by atoms with van der Waals surface area (Å²) in [6.45, 7) is 5.09. The number of halogens is 1. The van der Waals surface area contributed by atoms with Crippen LogP contribution >= 0.6 is 0 Å². The number of hydrogen-bond donors (Lipinski definition) is 3. The van der Waals surface area contributed by atoms with Crippen molar-refractivity contribution in [1.29, 1.82) is 0 Å². The first-order valence-electron chi connectivity index (χ1n) is 10.8. The molecular formula is C24H29FN4O3. The summed E-state index contributed by atoms with van der Waals surface area (Å²) in [6, 6.07) is 11.1. The zero-order valence-corrected chi connectivity index (χ0v) is 18.4. The predicted octanol–water partition coefficient (Wildman–Crippen LogP) is 3.53. The number of benzene rings is 2. The van der Waals surface area contributed by atoms with Crippen molar-refractivity contribution in [3.63, 3.8) is 0 Å². The molecule has 1 aliphatic heterocycles. The summed E-state index contributed by atoms with van der Waals surface area (Å²) in [7, 11) is 0. The molecule has 1 fully saturated rings. The number of hydrogen-bond acceptors (Lipinski definition) is 4. The van der Waals surface area contributed by atoms with Gasteiger partial charge in [-0.05, 0) is 62.2 Å². The Morgan fingerprint density at radius 2 is 1.81 bits per heavy atom. The lowest BCUT2D eigenvalue weighted by molar-refractivity contribution is -0.119. The minimum Gasteiger partial charge on any atom is -0.352 e. The average molecular weight is 441 g/mol. The Hall–Kier alpha value is -3.26. The molecule has 8 heteroatoms. The maximum absolute atomic E-state index is 14.3.